The van der Waals surface area contributed by atoms with Crippen LogP contribution in [0.4, 0.5) is 5.82 Å². The molecule has 3 nitrogen and oxygen atoms in total. The number of carbonyl (C=O) groups excluding carboxylic acids is 1. The number of carbonyl (C=O) groups is 1. The summed E-state index contributed by atoms with van der Waals surface area (Å²) in [6.07, 6.45) is 3.90. The molecule has 16 heavy (non-hydrogen) atoms. The van der Waals surface area contributed by atoms with E-state index in [-0.39, 0.29) is 11.8 Å². The Morgan fingerprint density at radius 2 is 2.44 bits per heavy atom. The second-order valence-corrected chi connectivity index (χ2v) is 5.26. The van der Waals surface area contributed by atoms with Crippen molar-refractivity contribution in [2.45, 2.75) is 6.42 Å². The van der Waals surface area contributed by atoms with Gasteiger partial charge in [0.25, 0.3) is 0 Å². The van der Waals surface area contributed by atoms with Crippen LogP contribution in [0.2, 0.25) is 5.02 Å². The lowest BCUT2D eigenvalue weighted by molar-refractivity contribution is -0.117. The van der Waals surface area contributed by atoms with Crippen molar-refractivity contribution in [3.63, 3.8) is 0 Å². The van der Waals surface area contributed by atoms with Crippen molar-refractivity contribution < 1.29 is 4.79 Å². The van der Waals surface area contributed by atoms with Crippen LogP contribution in [-0.2, 0) is 4.79 Å². The molecule has 0 saturated carbocycles. The molecule has 1 amide bonds. The predicted molar refractivity (Wildman–Crippen MR) is 72.6 cm³/mol. The summed E-state index contributed by atoms with van der Waals surface area (Å²) in [5, 5.41) is 0.583. The Bertz CT molecular complexity index is 450. The molecular formula is C11H10ClIN2O. The Hall–Kier alpha value is -0.620. The molecule has 1 aromatic rings. The number of nitrogens with zero attached hydrogens (tertiary/aromatic N) is 2. The molecule has 0 N–H and O–H groups in total. The first-order chi connectivity index (χ1) is 7.61. The number of aromatic nitrogens is 1. The Morgan fingerprint density at radius 3 is 3.00 bits per heavy atom. The first-order valence-electron chi connectivity index (χ1n) is 4.85. The molecule has 0 aromatic carbocycles. The lowest BCUT2D eigenvalue weighted by Crippen LogP contribution is -2.26. The highest BCUT2D eigenvalue weighted by Crippen LogP contribution is 2.28. The second-order valence-electron chi connectivity index (χ2n) is 3.66. The molecule has 0 aliphatic carbocycles. The lowest BCUT2D eigenvalue weighted by atomic mass is 10.1. The van der Waals surface area contributed by atoms with Gasteiger partial charge < -0.3 is 0 Å². The maximum atomic E-state index is 11.8. The quantitative estimate of drug-likeness (QED) is 0.608. The number of pyridine rings is 1. The van der Waals surface area contributed by atoms with Gasteiger partial charge in [0.05, 0.1) is 8.59 Å². The summed E-state index contributed by atoms with van der Waals surface area (Å²) in [6.45, 7) is 4.38. The van der Waals surface area contributed by atoms with Gasteiger partial charge in [-0.05, 0) is 28.7 Å². The number of hydrogen-bond acceptors (Lipinski definition) is 2. The van der Waals surface area contributed by atoms with Crippen LogP contribution in [-0.4, -0.2) is 17.4 Å². The Balaban J connectivity index is 2.31. The van der Waals surface area contributed by atoms with Gasteiger partial charge in [-0.2, -0.15) is 0 Å². The molecule has 1 unspecified atom stereocenters. The summed E-state index contributed by atoms with van der Waals surface area (Å²) in [5.41, 5.74) is 0. The van der Waals surface area contributed by atoms with E-state index >= 15 is 0 Å². The third-order valence-corrected chi connectivity index (χ3v) is 3.53. The fourth-order valence-corrected chi connectivity index (χ4v) is 2.81. The zero-order chi connectivity index (χ0) is 11.7. The van der Waals surface area contributed by atoms with Crippen LogP contribution in [0.15, 0.2) is 24.9 Å². The molecule has 1 atom stereocenters. The van der Waals surface area contributed by atoms with E-state index in [1.54, 1.807) is 17.2 Å². The van der Waals surface area contributed by atoms with Crippen LogP contribution in [0.25, 0.3) is 0 Å². The molecule has 2 rings (SSSR count). The van der Waals surface area contributed by atoms with E-state index in [0.29, 0.717) is 23.8 Å². The van der Waals surface area contributed by atoms with Gasteiger partial charge in [0, 0.05) is 25.1 Å². The van der Waals surface area contributed by atoms with Crippen LogP contribution in [0, 0.1) is 9.49 Å². The minimum absolute atomic E-state index is 0.0950. The number of rotatable bonds is 2. The molecule has 1 aliphatic rings. The normalized spacial score (nSPS) is 20.2. The monoisotopic (exact) mass is 348 g/mol. The van der Waals surface area contributed by atoms with Crippen LogP contribution in [0.5, 0.6) is 0 Å². The Labute approximate surface area is 113 Å². The number of hydrogen-bond donors (Lipinski definition) is 0. The van der Waals surface area contributed by atoms with E-state index in [1.807, 2.05) is 6.08 Å². The minimum Gasteiger partial charge on any atom is -0.295 e. The lowest BCUT2D eigenvalue weighted by Gasteiger charge is -2.16. The van der Waals surface area contributed by atoms with Crippen molar-refractivity contribution >= 4 is 45.9 Å². The molecule has 0 bridgehead atoms. The van der Waals surface area contributed by atoms with Gasteiger partial charge in [0.2, 0.25) is 5.91 Å². The van der Waals surface area contributed by atoms with E-state index in [9.17, 15) is 4.79 Å². The van der Waals surface area contributed by atoms with Crippen LogP contribution < -0.4 is 4.90 Å². The van der Waals surface area contributed by atoms with Gasteiger partial charge in [-0.1, -0.05) is 17.7 Å². The van der Waals surface area contributed by atoms with E-state index < -0.39 is 0 Å². The topological polar surface area (TPSA) is 33.2 Å². The largest absolute Gasteiger partial charge is 0.295 e. The maximum Gasteiger partial charge on any atom is 0.228 e. The predicted octanol–water partition coefficient (Wildman–Crippen LogP) is 2.88. The highest BCUT2D eigenvalue weighted by Gasteiger charge is 2.30. The molecule has 1 fully saturated rings. The van der Waals surface area contributed by atoms with E-state index in [1.165, 1.54) is 0 Å². The molecule has 5 heteroatoms. The second kappa shape index (κ2) is 4.71. The summed E-state index contributed by atoms with van der Waals surface area (Å²) >= 11 is 7.97. The van der Waals surface area contributed by atoms with E-state index in [4.69, 9.17) is 11.6 Å². The fraction of sp³-hybridized carbons (Fsp3) is 0.273. The number of halogens is 2. The molecule has 84 valence electrons. The van der Waals surface area contributed by atoms with Crippen molar-refractivity contribution in [3.8, 4) is 0 Å². The van der Waals surface area contributed by atoms with E-state index in [2.05, 4.69) is 34.2 Å². The maximum absolute atomic E-state index is 11.8. The van der Waals surface area contributed by atoms with Gasteiger partial charge in [-0.15, -0.1) is 6.58 Å². The van der Waals surface area contributed by atoms with Crippen molar-refractivity contribution in [2.75, 3.05) is 11.4 Å². The molecule has 0 radical (unpaired) electrons. The smallest absolute Gasteiger partial charge is 0.228 e. The van der Waals surface area contributed by atoms with Gasteiger partial charge in [0.1, 0.15) is 5.82 Å². The standard InChI is InChI=1S/C11H10ClIN2O/c1-2-7-3-10(16)15(6-7)11-9(13)4-8(12)5-14-11/h2,4-5,7H,1,3,6H2. The molecular weight excluding hydrogens is 338 g/mol. The van der Waals surface area contributed by atoms with Crippen molar-refractivity contribution in [3.05, 3.63) is 33.5 Å². The summed E-state index contributed by atoms with van der Waals surface area (Å²) in [6, 6.07) is 1.80. The van der Waals surface area contributed by atoms with Crippen LogP contribution in [0.1, 0.15) is 6.42 Å². The average molecular weight is 349 g/mol. The van der Waals surface area contributed by atoms with Crippen molar-refractivity contribution in [1.82, 2.24) is 4.98 Å². The molecule has 2 heterocycles. The van der Waals surface area contributed by atoms with Gasteiger partial charge in [-0.3, -0.25) is 9.69 Å². The van der Waals surface area contributed by atoms with Gasteiger partial charge in [0.15, 0.2) is 0 Å². The summed E-state index contributed by atoms with van der Waals surface area (Å²) in [5.74, 6) is 1.01. The zero-order valence-electron chi connectivity index (χ0n) is 8.49. The highest BCUT2D eigenvalue weighted by atomic mass is 127. The van der Waals surface area contributed by atoms with Crippen LogP contribution in [0.3, 0.4) is 0 Å². The molecule has 1 aromatic heterocycles. The number of anilines is 1. The SMILES string of the molecule is C=CC1CC(=O)N(c2ncc(Cl)cc2I)C1. The van der Waals surface area contributed by atoms with Gasteiger partial charge in [-0.25, -0.2) is 4.98 Å². The minimum atomic E-state index is 0.0950. The molecule has 0 spiro atoms. The fourth-order valence-electron chi connectivity index (χ4n) is 1.70. The Morgan fingerprint density at radius 1 is 1.69 bits per heavy atom. The first kappa shape index (κ1) is 11.9. The highest BCUT2D eigenvalue weighted by molar-refractivity contribution is 14.1. The molecule has 1 aliphatic heterocycles. The summed E-state index contributed by atoms with van der Waals surface area (Å²) in [4.78, 5) is 17.7. The third-order valence-electron chi connectivity index (χ3n) is 2.53. The summed E-state index contributed by atoms with van der Waals surface area (Å²) < 4.78 is 0.892. The van der Waals surface area contributed by atoms with Crippen molar-refractivity contribution in [2.24, 2.45) is 5.92 Å². The first-order valence-corrected chi connectivity index (χ1v) is 6.31. The Kier molecular flexibility index (Phi) is 3.49. The summed E-state index contributed by atoms with van der Waals surface area (Å²) in [7, 11) is 0. The van der Waals surface area contributed by atoms with Gasteiger partial charge >= 0.3 is 0 Å². The average Bonchev–Trinajstić information content (AvgIpc) is 2.60. The van der Waals surface area contributed by atoms with E-state index in [0.717, 1.165) is 3.57 Å². The number of amides is 1. The van der Waals surface area contributed by atoms with Crippen molar-refractivity contribution in [1.29, 1.82) is 0 Å². The van der Waals surface area contributed by atoms with Crippen LogP contribution >= 0.6 is 34.2 Å². The zero-order valence-corrected chi connectivity index (χ0v) is 11.4. The molecule has 1 saturated heterocycles. The third kappa shape index (κ3) is 2.22.